The highest BCUT2D eigenvalue weighted by Gasteiger charge is 2.14. The number of rotatable bonds is 7. The highest BCUT2D eigenvalue weighted by molar-refractivity contribution is 5.39. The summed E-state index contributed by atoms with van der Waals surface area (Å²) in [5.41, 5.74) is 2.18. The molecule has 0 atom stereocenters. The summed E-state index contributed by atoms with van der Waals surface area (Å²) in [5, 5.41) is 17.3. The summed E-state index contributed by atoms with van der Waals surface area (Å²) in [6.07, 6.45) is 0. The molecule has 0 spiro atoms. The van der Waals surface area contributed by atoms with Gasteiger partial charge < -0.3 is 14.6 Å². The fraction of sp³-hybridized carbons (Fsp3) is 0.333. The lowest BCUT2D eigenvalue weighted by Gasteiger charge is -2.12. The van der Waals surface area contributed by atoms with E-state index in [9.17, 15) is 5.11 Å². The van der Waals surface area contributed by atoms with Crippen molar-refractivity contribution in [3.63, 3.8) is 0 Å². The third kappa shape index (κ3) is 3.61. The maximum Gasteiger partial charge on any atom is 0.161 e. The van der Waals surface area contributed by atoms with Gasteiger partial charge in [0.25, 0.3) is 0 Å². The van der Waals surface area contributed by atoms with Crippen LogP contribution in [-0.4, -0.2) is 27.2 Å². The summed E-state index contributed by atoms with van der Waals surface area (Å²) in [6.45, 7) is 6.37. The molecule has 0 radical (unpaired) electrons. The number of aromatic nitrogens is 3. The van der Waals surface area contributed by atoms with Gasteiger partial charge in [-0.1, -0.05) is 29.5 Å². The summed E-state index contributed by atoms with van der Waals surface area (Å²) >= 11 is 0. The number of ether oxygens (including phenoxy) is 2. The summed E-state index contributed by atoms with van der Waals surface area (Å²) in [5.74, 6) is 1.29. The smallest absolute Gasteiger partial charge is 0.161 e. The lowest BCUT2D eigenvalue weighted by Crippen LogP contribution is -2.10. The van der Waals surface area contributed by atoms with E-state index in [0.29, 0.717) is 23.7 Å². The number of allylic oxidation sites excluding steroid dienone is 1. The molecule has 2 rings (SSSR count). The molecule has 0 amide bonds. The van der Waals surface area contributed by atoms with Gasteiger partial charge in [-0.25, -0.2) is 4.68 Å². The van der Waals surface area contributed by atoms with Gasteiger partial charge in [-0.2, -0.15) is 0 Å². The zero-order valence-electron chi connectivity index (χ0n) is 12.2. The van der Waals surface area contributed by atoms with Crippen molar-refractivity contribution in [3.8, 4) is 11.5 Å². The monoisotopic (exact) mass is 289 g/mol. The molecule has 1 heterocycles. The number of nitrogens with zero attached hydrogens (tertiary/aromatic N) is 3. The Morgan fingerprint density at radius 2 is 2.05 bits per heavy atom. The second-order valence-electron chi connectivity index (χ2n) is 4.70. The molecule has 0 saturated heterocycles. The van der Waals surface area contributed by atoms with E-state index in [0.717, 1.165) is 11.3 Å². The minimum absolute atomic E-state index is 0.180. The highest BCUT2D eigenvalue weighted by Crippen LogP contribution is 2.26. The van der Waals surface area contributed by atoms with E-state index in [1.54, 1.807) is 11.8 Å². The number of hydrogen-bond acceptors (Lipinski definition) is 5. The summed E-state index contributed by atoms with van der Waals surface area (Å²) in [7, 11) is 1.59. The number of para-hydroxylation sites is 2. The first-order chi connectivity index (χ1) is 10.2. The van der Waals surface area contributed by atoms with Crippen molar-refractivity contribution >= 4 is 0 Å². The SMILES string of the molecule is C=C(C)Cn1nnc(CO)c1COc1ccccc1OC. The van der Waals surface area contributed by atoms with Crippen LogP contribution in [0.2, 0.25) is 0 Å². The van der Waals surface area contributed by atoms with E-state index in [1.165, 1.54) is 0 Å². The predicted molar refractivity (Wildman–Crippen MR) is 78.1 cm³/mol. The van der Waals surface area contributed by atoms with Gasteiger partial charge in [0.2, 0.25) is 0 Å². The normalized spacial score (nSPS) is 10.4. The van der Waals surface area contributed by atoms with E-state index in [1.807, 2.05) is 31.2 Å². The minimum atomic E-state index is -0.180. The van der Waals surface area contributed by atoms with Gasteiger partial charge in [-0.3, -0.25) is 0 Å². The van der Waals surface area contributed by atoms with Crippen molar-refractivity contribution in [1.82, 2.24) is 15.0 Å². The molecule has 1 aromatic heterocycles. The third-order valence-corrected chi connectivity index (χ3v) is 2.92. The topological polar surface area (TPSA) is 69.4 Å². The zero-order chi connectivity index (χ0) is 15.2. The van der Waals surface area contributed by atoms with E-state index >= 15 is 0 Å². The van der Waals surface area contributed by atoms with Gasteiger partial charge in [0.15, 0.2) is 11.5 Å². The Kier molecular flexibility index (Phi) is 4.94. The van der Waals surface area contributed by atoms with Crippen molar-refractivity contribution < 1.29 is 14.6 Å². The molecular weight excluding hydrogens is 270 g/mol. The predicted octanol–water partition coefficient (Wildman–Crippen LogP) is 1.93. The van der Waals surface area contributed by atoms with Gasteiger partial charge in [0.05, 0.1) is 20.3 Å². The van der Waals surface area contributed by atoms with Gasteiger partial charge in [-0.15, -0.1) is 5.10 Å². The summed E-state index contributed by atoms with van der Waals surface area (Å²) in [4.78, 5) is 0. The van der Waals surface area contributed by atoms with Crippen molar-refractivity contribution in [2.45, 2.75) is 26.7 Å². The molecule has 112 valence electrons. The first-order valence-electron chi connectivity index (χ1n) is 6.58. The lowest BCUT2D eigenvalue weighted by molar-refractivity contribution is 0.256. The molecule has 6 heteroatoms. The molecule has 0 aliphatic heterocycles. The molecule has 0 aliphatic rings. The van der Waals surface area contributed by atoms with Crippen molar-refractivity contribution in [2.75, 3.05) is 7.11 Å². The number of hydrogen-bond donors (Lipinski definition) is 1. The molecule has 0 aliphatic carbocycles. The zero-order valence-corrected chi connectivity index (χ0v) is 12.2. The van der Waals surface area contributed by atoms with Crippen LogP contribution >= 0.6 is 0 Å². The van der Waals surface area contributed by atoms with Crippen LogP contribution in [0.15, 0.2) is 36.4 Å². The average Bonchev–Trinajstić information content (AvgIpc) is 2.86. The molecule has 6 nitrogen and oxygen atoms in total. The summed E-state index contributed by atoms with van der Waals surface area (Å²) < 4.78 is 12.7. The van der Waals surface area contributed by atoms with Crippen LogP contribution < -0.4 is 9.47 Å². The Bertz CT molecular complexity index is 622. The van der Waals surface area contributed by atoms with E-state index in [4.69, 9.17) is 9.47 Å². The Labute approximate surface area is 123 Å². The number of methoxy groups -OCH3 is 1. The maximum absolute atomic E-state index is 9.35. The van der Waals surface area contributed by atoms with Crippen LogP contribution in [0.25, 0.3) is 0 Å². The van der Waals surface area contributed by atoms with Gasteiger partial charge >= 0.3 is 0 Å². The molecule has 0 unspecified atom stereocenters. The first-order valence-corrected chi connectivity index (χ1v) is 6.58. The molecule has 21 heavy (non-hydrogen) atoms. The Balaban J connectivity index is 2.18. The standard InChI is InChI=1S/C15H19N3O3/c1-11(2)8-18-13(12(9-19)16-17-18)10-21-15-7-5-4-6-14(15)20-3/h4-7,19H,1,8-10H2,2-3H3. The van der Waals surface area contributed by atoms with E-state index in [2.05, 4.69) is 16.9 Å². The van der Waals surface area contributed by atoms with Crippen LogP contribution in [0.3, 0.4) is 0 Å². The maximum atomic E-state index is 9.35. The average molecular weight is 289 g/mol. The second kappa shape index (κ2) is 6.90. The molecule has 2 aromatic rings. The minimum Gasteiger partial charge on any atom is -0.493 e. The molecular formula is C15H19N3O3. The molecule has 1 N–H and O–H groups in total. The van der Waals surface area contributed by atoms with Crippen LogP contribution in [0.4, 0.5) is 0 Å². The van der Waals surface area contributed by atoms with Crippen LogP contribution in [0.1, 0.15) is 18.3 Å². The Morgan fingerprint density at radius 3 is 2.67 bits per heavy atom. The molecule has 0 saturated carbocycles. The van der Waals surface area contributed by atoms with E-state index in [-0.39, 0.29) is 13.2 Å². The Hall–Kier alpha value is -2.34. The van der Waals surface area contributed by atoms with Gasteiger partial charge in [0.1, 0.15) is 18.0 Å². The number of aliphatic hydroxyl groups is 1. The highest BCUT2D eigenvalue weighted by atomic mass is 16.5. The molecule has 0 bridgehead atoms. The lowest BCUT2D eigenvalue weighted by atomic mass is 10.3. The largest absolute Gasteiger partial charge is 0.493 e. The van der Waals surface area contributed by atoms with Crippen LogP contribution in [0, 0.1) is 0 Å². The second-order valence-corrected chi connectivity index (χ2v) is 4.70. The molecule has 1 aromatic carbocycles. The number of benzene rings is 1. The van der Waals surface area contributed by atoms with Crippen molar-refractivity contribution in [2.24, 2.45) is 0 Å². The molecule has 0 fully saturated rings. The van der Waals surface area contributed by atoms with Crippen LogP contribution in [0.5, 0.6) is 11.5 Å². The van der Waals surface area contributed by atoms with Gasteiger partial charge in [0, 0.05) is 0 Å². The first kappa shape index (κ1) is 15.1. The fourth-order valence-electron chi connectivity index (χ4n) is 1.92. The van der Waals surface area contributed by atoms with Gasteiger partial charge in [-0.05, 0) is 19.1 Å². The van der Waals surface area contributed by atoms with Crippen LogP contribution in [-0.2, 0) is 19.8 Å². The van der Waals surface area contributed by atoms with Crippen molar-refractivity contribution in [3.05, 3.63) is 47.8 Å². The Morgan fingerprint density at radius 1 is 1.33 bits per heavy atom. The quantitative estimate of drug-likeness (QED) is 0.789. The van der Waals surface area contributed by atoms with Crippen molar-refractivity contribution in [1.29, 1.82) is 0 Å². The third-order valence-electron chi connectivity index (χ3n) is 2.92. The van der Waals surface area contributed by atoms with E-state index < -0.39 is 0 Å². The summed E-state index contributed by atoms with van der Waals surface area (Å²) in [6, 6.07) is 7.39. The fourth-order valence-corrected chi connectivity index (χ4v) is 1.92. The number of aliphatic hydroxyl groups excluding tert-OH is 1.